The summed E-state index contributed by atoms with van der Waals surface area (Å²) in [6, 6.07) is 2.11. The molecule has 5 heteroatoms. The summed E-state index contributed by atoms with van der Waals surface area (Å²) in [4.78, 5) is 16.8. The van der Waals surface area contributed by atoms with Gasteiger partial charge in [-0.05, 0) is 31.3 Å². The lowest BCUT2D eigenvalue weighted by Gasteiger charge is -2.28. The number of ketones is 1. The number of aliphatic imine (C=N–C) groups is 1. The number of nitrogens with two attached hydrogens (primary N) is 1. The van der Waals surface area contributed by atoms with Crippen molar-refractivity contribution in [3.63, 3.8) is 0 Å². The van der Waals surface area contributed by atoms with E-state index in [0.717, 1.165) is 30.4 Å². The van der Waals surface area contributed by atoms with Gasteiger partial charge in [-0.15, -0.1) is 5.73 Å². The van der Waals surface area contributed by atoms with Gasteiger partial charge in [0.05, 0.1) is 30.6 Å². The lowest BCUT2D eigenvalue weighted by Crippen LogP contribution is -2.52. The second-order valence-corrected chi connectivity index (χ2v) is 6.42. The average molecular weight is 314 g/mol. The van der Waals surface area contributed by atoms with Crippen LogP contribution in [-0.2, 0) is 4.79 Å². The maximum absolute atomic E-state index is 12.1. The van der Waals surface area contributed by atoms with E-state index in [4.69, 9.17) is 11.0 Å². The summed E-state index contributed by atoms with van der Waals surface area (Å²) in [6.45, 7) is 5.83. The van der Waals surface area contributed by atoms with E-state index in [9.17, 15) is 4.79 Å². The van der Waals surface area contributed by atoms with E-state index in [2.05, 4.69) is 36.0 Å². The fourth-order valence-corrected chi connectivity index (χ4v) is 3.73. The first-order chi connectivity index (χ1) is 11.0. The first-order valence-corrected chi connectivity index (χ1v) is 8.42. The van der Waals surface area contributed by atoms with E-state index in [1.807, 2.05) is 0 Å². The molecule has 0 aromatic heterocycles. The highest BCUT2D eigenvalue weighted by molar-refractivity contribution is 5.82. The molecule has 0 aliphatic carbocycles. The molecule has 2 aliphatic rings. The second-order valence-electron chi connectivity index (χ2n) is 6.42. The van der Waals surface area contributed by atoms with Crippen LogP contribution in [-0.4, -0.2) is 30.2 Å². The van der Waals surface area contributed by atoms with E-state index >= 15 is 0 Å². The van der Waals surface area contributed by atoms with Crippen molar-refractivity contribution in [3.8, 4) is 6.07 Å². The highest BCUT2D eigenvalue weighted by Gasteiger charge is 2.40. The lowest BCUT2D eigenvalue weighted by atomic mass is 9.83. The van der Waals surface area contributed by atoms with Crippen LogP contribution in [0.25, 0.3) is 0 Å². The van der Waals surface area contributed by atoms with Crippen LogP contribution in [0.2, 0.25) is 0 Å². The molecule has 2 bridgehead atoms. The lowest BCUT2D eigenvalue weighted by molar-refractivity contribution is -0.122. The van der Waals surface area contributed by atoms with Crippen molar-refractivity contribution < 1.29 is 4.79 Å². The van der Waals surface area contributed by atoms with Crippen LogP contribution in [0, 0.1) is 23.2 Å². The van der Waals surface area contributed by atoms with Crippen molar-refractivity contribution in [2.24, 2.45) is 22.6 Å². The Morgan fingerprint density at radius 3 is 2.87 bits per heavy atom. The minimum Gasteiger partial charge on any atom is -0.315 e. The molecule has 2 rings (SSSR count). The first-order valence-electron chi connectivity index (χ1n) is 8.42. The van der Waals surface area contributed by atoms with E-state index in [1.54, 1.807) is 13.1 Å². The molecule has 23 heavy (non-hydrogen) atoms. The largest absolute Gasteiger partial charge is 0.315 e. The van der Waals surface area contributed by atoms with Gasteiger partial charge in [-0.3, -0.25) is 15.1 Å². The van der Waals surface area contributed by atoms with E-state index in [1.165, 1.54) is 0 Å². The Labute approximate surface area is 138 Å². The van der Waals surface area contributed by atoms with Crippen molar-refractivity contribution in [3.05, 3.63) is 16.9 Å². The van der Waals surface area contributed by atoms with Crippen LogP contribution >= 0.6 is 0 Å². The molecule has 5 atom stereocenters. The molecule has 2 aliphatic heterocycles. The van der Waals surface area contributed by atoms with Gasteiger partial charge in [0, 0.05) is 17.8 Å². The average Bonchev–Trinajstić information content (AvgIpc) is 2.61. The molecule has 3 N–H and O–H groups in total. The first kappa shape index (κ1) is 17.6. The highest BCUT2D eigenvalue weighted by Crippen LogP contribution is 2.32. The fraction of sp³-hybridized carbons (Fsp3) is 0.667. The maximum Gasteiger partial charge on any atom is 0.137 e. The Bertz CT molecular complexity index is 595. The van der Waals surface area contributed by atoms with E-state index < -0.39 is 6.17 Å². The monoisotopic (exact) mass is 314 g/mol. The summed E-state index contributed by atoms with van der Waals surface area (Å²) < 4.78 is 0. The predicted molar refractivity (Wildman–Crippen MR) is 90.8 cm³/mol. The minimum atomic E-state index is -0.405. The van der Waals surface area contributed by atoms with Gasteiger partial charge in [0.15, 0.2) is 0 Å². The van der Waals surface area contributed by atoms with E-state index in [-0.39, 0.29) is 30.2 Å². The number of hydrogen-bond donors (Lipinski definition) is 2. The summed E-state index contributed by atoms with van der Waals surface area (Å²) in [5.74, 6) is 0.0948. The smallest absolute Gasteiger partial charge is 0.137 e. The number of nitrogens with one attached hydrogen (secondary N) is 1. The van der Waals surface area contributed by atoms with Gasteiger partial charge in [-0.25, -0.2) is 0 Å². The third kappa shape index (κ3) is 3.79. The van der Waals surface area contributed by atoms with Gasteiger partial charge in [-0.2, -0.15) is 5.26 Å². The molecule has 5 unspecified atom stereocenters. The minimum absolute atomic E-state index is 0.0658. The molecule has 0 amide bonds. The predicted octanol–water partition coefficient (Wildman–Crippen LogP) is 2.09. The van der Waals surface area contributed by atoms with Gasteiger partial charge < -0.3 is 5.73 Å². The third-order valence-corrected chi connectivity index (χ3v) is 4.95. The summed E-state index contributed by atoms with van der Waals surface area (Å²) in [5.41, 5.74) is 11.6. The fourth-order valence-electron chi connectivity index (χ4n) is 3.73. The third-order valence-electron chi connectivity index (χ3n) is 4.95. The van der Waals surface area contributed by atoms with Crippen LogP contribution in [0.5, 0.6) is 0 Å². The zero-order chi connectivity index (χ0) is 17.0. The zero-order valence-corrected chi connectivity index (χ0v) is 14.2. The van der Waals surface area contributed by atoms with Gasteiger partial charge in [-0.1, -0.05) is 20.3 Å². The molecule has 0 saturated carbocycles. The highest BCUT2D eigenvalue weighted by atomic mass is 16.1. The molecule has 1 fully saturated rings. The summed E-state index contributed by atoms with van der Waals surface area (Å²) >= 11 is 0. The number of nitrogens with zero attached hydrogens (tertiary/aromatic N) is 2. The summed E-state index contributed by atoms with van der Waals surface area (Å²) in [7, 11) is 0. The van der Waals surface area contributed by atoms with Gasteiger partial charge in [0.25, 0.3) is 0 Å². The van der Waals surface area contributed by atoms with Crippen molar-refractivity contribution in [1.82, 2.24) is 5.32 Å². The SMILES string of the molecule is CCC1=C=C(CC#N)C=NC2CC(CC)C1NC(N)C2C(C)=O. The Kier molecular flexibility index (Phi) is 5.90. The van der Waals surface area contributed by atoms with Gasteiger partial charge in [0.2, 0.25) is 0 Å². The number of Topliss-reactive ketones (excluding diaryl/α,β-unsaturated/α-hetero) is 1. The topological polar surface area (TPSA) is 91.3 Å². The zero-order valence-electron chi connectivity index (χ0n) is 14.2. The molecule has 5 nitrogen and oxygen atoms in total. The number of carbonyl (C=O) groups excluding carboxylic acids is 1. The molecule has 0 aromatic carbocycles. The normalized spacial score (nSPS) is 33.6. The Balaban J connectivity index is 2.60. The van der Waals surface area contributed by atoms with Crippen molar-refractivity contribution >= 4 is 12.0 Å². The van der Waals surface area contributed by atoms with Crippen molar-refractivity contribution in [1.29, 1.82) is 5.26 Å². The number of nitriles is 1. The maximum atomic E-state index is 12.1. The van der Waals surface area contributed by atoms with E-state index in [0.29, 0.717) is 5.92 Å². The van der Waals surface area contributed by atoms with Crippen LogP contribution < -0.4 is 11.1 Å². The van der Waals surface area contributed by atoms with Crippen LogP contribution in [0.3, 0.4) is 0 Å². The van der Waals surface area contributed by atoms with Gasteiger partial charge in [0.1, 0.15) is 5.78 Å². The second kappa shape index (κ2) is 7.70. The Morgan fingerprint density at radius 1 is 1.57 bits per heavy atom. The van der Waals surface area contributed by atoms with Crippen molar-refractivity contribution in [2.75, 3.05) is 0 Å². The van der Waals surface area contributed by atoms with Crippen LogP contribution in [0.15, 0.2) is 21.9 Å². The quantitative estimate of drug-likeness (QED) is 0.777. The number of hydrogen-bond acceptors (Lipinski definition) is 5. The Morgan fingerprint density at radius 2 is 2.30 bits per heavy atom. The van der Waals surface area contributed by atoms with Crippen molar-refractivity contribution in [2.45, 2.75) is 64.7 Å². The molecule has 0 aromatic rings. The number of fused-ring (bicyclic) bond motifs is 3. The Hall–Kier alpha value is -1.73. The number of carbonyl (C=O) groups is 1. The number of rotatable bonds is 4. The summed E-state index contributed by atoms with van der Waals surface area (Å²) in [6.07, 6.45) is 4.25. The molecular weight excluding hydrogens is 288 g/mol. The van der Waals surface area contributed by atoms with Crippen LogP contribution in [0.4, 0.5) is 0 Å². The summed E-state index contributed by atoms with van der Waals surface area (Å²) in [5, 5.41) is 12.5. The molecule has 124 valence electrons. The standard InChI is InChI=1S/C18H26N4O/c1-4-13-8-12(6-7-19)10-21-15-9-14(5-2)17(13)22-18(20)16(15)11(3)23/h10,14-18,22H,4-6,9,20H2,1-3H3. The van der Waals surface area contributed by atoms with Crippen LogP contribution in [0.1, 0.15) is 46.5 Å². The molecule has 2 heterocycles. The molecular formula is C18H26N4O. The van der Waals surface area contributed by atoms with Gasteiger partial charge >= 0.3 is 0 Å². The molecule has 1 saturated heterocycles. The molecule has 0 spiro atoms. The molecule has 0 radical (unpaired) electrons.